The minimum atomic E-state index is -5.03. The number of hydrogen-bond acceptors (Lipinski definition) is 1. The van der Waals surface area contributed by atoms with E-state index < -0.39 is 18.1 Å². The molecule has 1 atom stereocenters. The van der Waals surface area contributed by atoms with Crippen molar-refractivity contribution in [3.8, 4) is 0 Å². The van der Waals surface area contributed by atoms with Crippen LogP contribution in [0.3, 0.4) is 0 Å². The molecule has 0 saturated heterocycles. The van der Waals surface area contributed by atoms with Gasteiger partial charge < -0.3 is 0 Å². The van der Waals surface area contributed by atoms with E-state index in [4.69, 9.17) is 11.6 Å². The van der Waals surface area contributed by atoms with Gasteiger partial charge in [0.25, 0.3) is 0 Å². The van der Waals surface area contributed by atoms with Crippen molar-refractivity contribution in [2.75, 3.05) is 4.90 Å². The van der Waals surface area contributed by atoms with E-state index >= 15 is 0 Å². The van der Waals surface area contributed by atoms with E-state index in [1.54, 1.807) is 48.5 Å². The quantitative estimate of drug-likeness (QED) is 0.573. The van der Waals surface area contributed by atoms with Crippen LogP contribution in [0.15, 0.2) is 73.8 Å². The fraction of sp³-hybridized carbons (Fsp3) is 0.150. The molecule has 0 bridgehead atoms. The maximum atomic E-state index is 13.3. The normalized spacial score (nSPS) is 12.3. The topological polar surface area (TPSA) is 20.3 Å². The monoisotopic (exact) mass is 379 g/mol. The summed E-state index contributed by atoms with van der Waals surface area (Å²) in [7, 11) is 0. The molecule has 2 aromatic rings. The molecular weight excluding hydrogens is 363 g/mol. The highest BCUT2D eigenvalue weighted by Gasteiger charge is 2.45. The molecule has 0 spiro atoms. The molecule has 1 amide bonds. The Kier molecular flexibility index (Phi) is 6.27. The first kappa shape index (κ1) is 19.8. The van der Waals surface area contributed by atoms with Crippen molar-refractivity contribution in [3.63, 3.8) is 0 Å². The second-order valence-corrected chi connectivity index (χ2v) is 5.96. The van der Waals surface area contributed by atoms with E-state index in [0.717, 1.165) is 4.90 Å². The Balaban J connectivity index is 2.64. The van der Waals surface area contributed by atoms with E-state index in [1.807, 2.05) is 0 Å². The van der Waals surface area contributed by atoms with Crippen LogP contribution in [0.2, 0.25) is 5.02 Å². The summed E-state index contributed by atoms with van der Waals surface area (Å²) in [6, 6.07) is 11.7. The molecule has 0 radical (unpaired) electrons. The van der Waals surface area contributed by atoms with E-state index in [1.165, 1.54) is 12.1 Å². The molecular formula is C20H17ClF3NO. The van der Waals surface area contributed by atoms with Gasteiger partial charge in [0.2, 0.25) is 0 Å². The molecule has 2 rings (SSSR count). The molecule has 6 heteroatoms. The average molecular weight is 380 g/mol. The van der Waals surface area contributed by atoms with Crippen molar-refractivity contribution in [2.45, 2.75) is 18.6 Å². The zero-order chi connectivity index (χ0) is 19.3. The second kappa shape index (κ2) is 8.23. The number of halogens is 4. The van der Waals surface area contributed by atoms with Crippen LogP contribution in [-0.2, 0) is 11.2 Å². The van der Waals surface area contributed by atoms with Crippen LogP contribution in [0.4, 0.5) is 18.9 Å². The van der Waals surface area contributed by atoms with Gasteiger partial charge in [0.1, 0.15) is 0 Å². The summed E-state index contributed by atoms with van der Waals surface area (Å²) < 4.78 is 39.9. The smallest absolute Gasteiger partial charge is 0.293 e. The van der Waals surface area contributed by atoms with Gasteiger partial charge in [-0.05, 0) is 35.7 Å². The number of para-hydroxylation sites is 1. The minimum Gasteiger partial charge on any atom is -0.293 e. The van der Waals surface area contributed by atoms with Crippen LogP contribution in [0, 0.1) is 0 Å². The van der Waals surface area contributed by atoms with Crippen LogP contribution in [0.1, 0.15) is 17.2 Å². The van der Waals surface area contributed by atoms with E-state index in [9.17, 15) is 18.0 Å². The zero-order valence-electron chi connectivity index (χ0n) is 13.8. The van der Waals surface area contributed by atoms with Crippen LogP contribution in [0.25, 0.3) is 0 Å². The first-order valence-electron chi connectivity index (χ1n) is 7.76. The van der Waals surface area contributed by atoms with Crippen LogP contribution in [-0.4, -0.2) is 12.1 Å². The van der Waals surface area contributed by atoms with Crippen LogP contribution in [0.5, 0.6) is 0 Å². The number of rotatable bonds is 6. The highest BCUT2D eigenvalue weighted by molar-refractivity contribution is 6.30. The SMILES string of the molecule is C=CCc1ccccc1N(C(=O)C(F)(F)F)[C@@H](C=C)c1ccc(Cl)cc1. The number of alkyl halides is 3. The lowest BCUT2D eigenvalue weighted by atomic mass is 10.0. The maximum Gasteiger partial charge on any atom is 0.471 e. The largest absolute Gasteiger partial charge is 0.471 e. The third-order valence-corrected chi connectivity index (χ3v) is 4.04. The molecule has 136 valence electrons. The molecule has 0 heterocycles. The summed E-state index contributed by atoms with van der Waals surface area (Å²) in [5.41, 5.74) is 1.19. The molecule has 0 saturated carbocycles. The zero-order valence-corrected chi connectivity index (χ0v) is 14.6. The predicted octanol–water partition coefficient (Wildman–Crippen LogP) is 5.89. The highest BCUT2D eigenvalue weighted by Crippen LogP contribution is 2.35. The Morgan fingerprint density at radius 3 is 2.27 bits per heavy atom. The van der Waals surface area contributed by atoms with Gasteiger partial charge in [0.05, 0.1) is 6.04 Å². The summed E-state index contributed by atoms with van der Waals surface area (Å²) in [4.78, 5) is 13.0. The van der Waals surface area contributed by atoms with Gasteiger partial charge >= 0.3 is 12.1 Å². The number of benzene rings is 2. The predicted molar refractivity (Wildman–Crippen MR) is 98.3 cm³/mol. The first-order valence-corrected chi connectivity index (χ1v) is 8.14. The average Bonchev–Trinajstić information content (AvgIpc) is 2.60. The Bertz CT molecular complexity index is 799. The lowest BCUT2D eigenvalue weighted by molar-refractivity contribution is -0.170. The van der Waals surface area contributed by atoms with E-state index in [-0.39, 0.29) is 5.69 Å². The Labute approximate surface area is 155 Å². The van der Waals surface area contributed by atoms with Crippen LogP contribution < -0.4 is 4.90 Å². The Morgan fingerprint density at radius 2 is 1.73 bits per heavy atom. The molecule has 2 nitrogen and oxygen atoms in total. The fourth-order valence-electron chi connectivity index (χ4n) is 2.65. The van der Waals surface area contributed by atoms with Gasteiger partial charge in [-0.1, -0.05) is 54.1 Å². The molecule has 26 heavy (non-hydrogen) atoms. The third kappa shape index (κ3) is 4.35. The fourth-order valence-corrected chi connectivity index (χ4v) is 2.77. The second-order valence-electron chi connectivity index (χ2n) is 5.53. The van der Waals surface area contributed by atoms with E-state index in [2.05, 4.69) is 13.2 Å². The molecule has 0 N–H and O–H groups in total. The Hall–Kier alpha value is -2.53. The van der Waals surface area contributed by atoms with Crippen molar-refractivity contribution in [1.29, 1.82) is 0 Å². The molecule has 0 aliphatic heterocycles. The molecule has 0 aliphatic carbocycles. The van der Waals surface area contributed by atoms with Crippen LogP contribution >= 0.6 is 11.6 Å². The van der Waals surface area contributed by atoms with Gasteiger partial charge in [-0.2, -0.15) is 13.2 Å². The lowest BCUT2D eigenvalue weighted by Crippen LogP contribution is -2.43. The highest BCUT2D eigenvalue weighted by atomic mass is 35.5. The number of nitrogens with zero attached hydrogens (tertiary/aromatic N) is 1. The van der Waals surface area contributed by atoms with Crippen molar-refractivity contribution in [1.82, 2.24) is 0 Å². The summed E-state index contributed by atoms with van der Waals surface area (Å²) in [5.74, 6) is -1.96. The van der Waals surface area contributed by atoms with Gasteiger partial charge in [0, 0.05) is 10.7 Å². The van der Waals surface area contributed by atoms with Gasteiger partial charge in [-0.25, -0.2) is 0 Å². The van der Waals surface area contributed by atoms with Crippen molar-refractivity contribution < 1.29 is 18.0 Å². The van der Waals surface area contributed by atoms with Gasteiger partial charge in [-0.15, -0.1) is 13.2 Å². The van der Waals surface area contributed by atoms with Crippen molar-refractivity contribution in [2.24, 2.45) is 0 Å². The third-order valence-electron chi connectivity index (χ3n) is 3.79. The molecule has 0 aliphatic rings. The van der Waals surface area contributed by atoms with Gasteiger partial charge in [0.15, 0.2) is 0 Å². The molecule has 0 fully saturated rings. The first-order chi connectivity index (χ1) is 12.3. The van der Waals surface area contributed by atoms with Crippen molar-refractivity contribution in [3.05, 3.63) is 90.0 Å². The number of anilines is 1. The van der Waals surface area contributed by atoms with Crippen molar-refractivity contribution >= 4 is 23.2 Å². The summed E-state index contributed by atoms with van der Waals surface area (Å²) >= 11 is 5.86. The number of allylic oxidation sites excluding steroid dienone is 1. The minimum absolute atomic E-state index is 0.162. The number of amides is 1. The molecule has 2 aromatic carbocycles. The summed E-state index contributed by atoms with van der Waals surface area (Å²) in [6.45, 7) is 7.25. The number of hydrogen-bond donors (Lipinski definition) is 0. The number of carbonyl (C=O) groups excluding carboxylic acids is 1. The summed E-state index contributed by atoms with van der Waals surface area (Å²) in [6.07, 6.45) is -1.84. The Morgan fingerprint density at radius 1 is 1.12 bits per heavy atom. The van der Waals surface area contributed by atoms with E-state index in [0.29, 0.717) is 22.6 Å². The van der Waals surface area contributed by atoms with Gasteiger partial charge in [-0.3, -0.25) is 9.69 Å². The molecule has 0 aromatic heterocycles. The summed E-state index contributed by atoms with van der Waals surface area (Å²) in [5, 5.41) is 0.442. The standard InChI is InChI=1S/C20H17ClF3NO/c1-3-7-14-8-5-6-9-18(14)25(19(26)20(22,23)24)17(4-2)15-10-12-16(21)13-11-15/h3-6,8-13,17H,1-2,7H2/t17-/m0/s1. The maximum absolute atomic E-state index is 13.3. The molecule has 0 unspecified atom stereocenters. The lowest BCUT2D eigenvalue weighted by Gasteiger charge is -2.32. The number of carbonyl (C=O) groups is 1.